The SMILES string of the molecule is COCCN(C)CCNCc1c(Cl)cccc1Cl. The highest BCUT2D eigenvalue weighted by Gasteiger charge is 2.04. The van der Waals surface area contributed by atoms with E-state index in [0.29, 0.717) is 16.6 Å². The minimum absolute atomic E-state index is 0.691. The quantitative estimate of drug-likeness (QED) is 0.745. The van der Waals surface area contributed by atoms with Crippen molar-refractivity contribution in [2.45, 2.75) is 6.54 Å². The lowest BCUT2D eigenvalue weighted by atomic mass is 10.2. The Kier molecular flexibility index (Phi) is 7.63. The Bertz CT molecular complexity index is 341. The molecule has 0 atom stereocenters. The Labute approximate surface area is 119 Å². The zero-order valence-electron chi connectivity index (χ0n) is 10.9. The third-order valence-electron chi connectivity index (χ3n) is 2.71. The van der Waals surface area contributed by atoms with Crippen LogP contribution in [0.4, 0.5) is 0 Å². The van der Waals surface area contributed by atoms with E-state index in [1.807, 2.05) is 18.2 Å². The lowest BCUT2D eigenvalue weighted by molar-refractivity contribution is 0.161. The van der Waals surface area contributed by atoms with Crippen LogP contribution in [0.3, 0.4) is 0 Å². The van der Waals surface area contributed by atoms with Crippen molar-refractivity contribution in [1.82, 2.24) is 10.2 Å². The molecule has 18 heavy (non-hydrogen) atoms. The Morgan fingerprint density at radius 3 is 2.50 bits per heavy atom. The molecule has 1 aromatic carbocycles. The Morgan fingerprint density at radius 2 is 1.89 bits per heavy atom. The molecule has 1 rings (SSSR count). The predicted octanol–water partition coefficient (Wildman–Crippen LogP) is 2.66. The van der Waals surface area contributed by atoms with Crippen LogP contribution in [0.2, 0.25) is 10.0 Å². The number of methoxy groups -OCH3 is 1. The second-order valence-corrected chi connectivity index (χ2v) is 4.99. The summed E-state index contributed by atoms with van der Waals surface area (Å²) in [6.45, 7) is 4.24. The maximum atomic E-state index is 6.09. The van der Waals surface area contributed by atoms with Crippen LogP contribution in [-0.4, -0.2) is 45.3 Å². The second-order valence-electron chi connectivity index (χ2n) is 4.17. The van der Waals surface area contributed by atoms with E-state index in [1.54, 1.807) is 7.11 Å². The van der Waals surface area contributed by atoms with Gasteiger partial charge in [0.1, 0.15) is 0 Å². The summed E-state index contributed by atoms with van der Waals surface area (Å²) in [6.07, 6.45) is 0. The van der Waals surface area contributed by atoms with Crippen molar-refractivity contribution in [3.8, 4) is 0 Å². The van der Waals surface area contributed by atoms with Crippen LogP contribution in [0.15, 0.2) is 18.2 Å². The van der Waals surface area contributed by atoms with Crippen molar-refractivity contribution in [2.24, 2.45) is 0 Å². The lowest BCUT2D eigenvalue weighted by Gasteiger charge is -2.16. The first kappa shape index (κ1) is 15.7. The van der Waals surface area contributed by atoms with Crippen LogP contribution < -0.4 is 5.32 Å². The number of nitrogens with one attached hydrogen (secondary N) is 1. The van der Waals surface area contributed by atoms with Crippen LogP contribution in [0.25, 0.3) is 0 Å². The topological polar surface area (TPSA) is 24.5 Å². The summed E-state index contributed by atoms with van der Waals surface area (Å²) < 4.78 is 5.02. The number of nitrogens with zero attached hydrogens (tertiary/aromatic N) is 1. The summed E-state index contributed by atoms with van der Waals surface area (Å²) in [5.74, 6) is 0. The van der Waals surface area contributed by atoms with Crippen LogP contribution in [0, 0.1) is 0 Å². The summed E-state index contributed by atoms with van der Waals surface area (Å²) in [5.41, 5.74) is 0.959. The Balaban J connectivity index is 2.25. The number of halogens is 2. The molecule has 0 amide bonds. The monoisotopic (exact) mass is 290 g/mol. The molecule has 0 aliphatic carbocycles. The standard InChI is InChI=1S/C13H20Cl2N2O/c1-17(8-9-18-2)7-6-16-10-11-12(14)4-3-5-13(11)15/h3-5,16H,6-10H2,1-2H3. The molecule has 0 aromatic heterocycles. The van der Waals surface area contributed by atoms with Gasteiger partial charge in [0.25, 0.3) is 0 Å². The fourth-order valence-corrected chi connectivity index (χ4v) is 2.07. The van der Waals surface area contributed by atoms with E-state index in [-0.39, 0.29) is 0 Å². The van der Waals surface area contributed by atoms with Crippen molar-refractivity contribution in [2.75, 3.05) is 40.4 Å². The van der Waals surface area contributed by atoms with E-state index < -0.39 is 0 Å². The summed E-state index contributed by atoms with van der Waals surface area (Å²) in [5, 5.41) is 4.76. The molecular weight excluding hydrogens is 271 g/mol. The van der Waals surface area contributed by atoms with Crippen LogP contribution in [0.5, 0.6) is 0 Å². The molecule has 102 valence electrons. The Hall–Kier alpha value is -0.320. The molecule has 0 saturated carbocycles. The van der Waals surface area contributed by atoms with E-state index >= 15 is 0 Å². The van der Waals surface area contributed by atoms with Crippen LogP contribution >= 0.6 is 23.2 Å². The molecule has 0 aliphatic rings. The first-order valence-corrected chi connectivity index (χ1v) is 6.72. The molecule has 5 heteroatoms. The normalized spacial score (nSPS) is 11.2. The number of rotatable bonds is 8. The van der Waals surface area contributed by atoms with E-state index in [9.17, 15) is 0 Å². The van der Waals surface area contributed by atoms with Gasteiger partial charge in [-0.3, -0.25) is 0 Å². The smallest absolute Gasteiger partial charge is 0.0589 e. The van der Waals surface area contributed by atoms with Crippen molar-refractivity contribution in [3.05, 3.63) is 33.8 Å². The molecule has 0 spiro atoms. The minimum Gasteiger partial charge on any atom is -0.383 e. The molecule has 0 heterocycles. The molecule has 0 bridgehead atoms. The number of likely N-dealkylation sites (N-methyl/N-ethyl adjacent to an activating group) is 1. The molecule has 1 aromatic rings. The summed E-state index contributed by atoms with van der Waals surface area (Å²) >= 11 is 12.2. The van der Waals surface area contributed by atoms with Crippen molar-refractivity contribution in [1.29, 1.82) is 0 Å². The van der Waals surface area contributed by atoms with E-state index in [2.05, 4.69) is 17.3 Å². The zero-order chi connectivity index (χ0) is 13.4. The van der Waals surface area contributed by atoms with Gasteiger partial charge in [0.2, 0.25) is 0 Å². The molecular formula is C13H20Cl2N2O. The first-order chi connectivity index (χ1) is 8.65. The molecule has 0 radical (unpaired) electrons. The molecule has 1 N–H and O–H groups in total. The third-order valence-corrected chi connectivity index (χ3v) is 3.42. The molecule has 0 fully saturated rings. The number of ether oxygens (including phenoxy) is 1. The van der Waals surface area contributed by atoms with Crippen molar-refractivity contribution < 1.29 is 4.74 Å². The number of benzene rings is 1. The fourth-order valence-electron chi connectivity index (χ4n) is 1.54. The average molecular weight is 291 g/mol. The lowest BCUT2D eigenvalue weighted by Crippen LogP contribution is -2.31. The van der Waals surface area contributed by atoms with E-state index in [0.717, 1.165) is 31.8 Å². The molecule has 3 nitrogen and oxygen atoms in total. The highest BCUT2D eigenvalue weighted by molar-refractivity contribution is 6.35. The highest BCUT2D eigenvalue weighted by Crippen LogP contribution is 2.23. The molecule has 0 aliphatic heterocycles. The largest absolute Gasteiger partial charge is 0.383 e. The number of hydrogen-bond acceptors (Lipinski definition) is 3. The highest BCUT2D eigenvalue weighted by atomic mass is 35.5. The van der Waals surface area contributed by atoms with Gasteiger partial charge in [-0.1, -0.05) is 29.3 Å². The van der Waals surface area contributed by atoms with Gasteiger partial charge in [0.15, 0.2) is 0 Å². The predicted molar refractivity (Wildman–Crippen MR) is 77.5 cm³/mol. The van der Waals surface area contributed by atoms with Gasteiger partial charge in [-0.2, -0.15) is 0 Å². The van der Waals surface area contributed by atoms with Gasteiger partial charge >= 0.3 is 0 Å². The Morgan fingerprint density at radius 1 is 1.22 bits per heavy atom. The zero-order valence-corrected chi connectivity index (χ0v) is 12.4. The fraction of sp³-hybridized carbons (Fsp3) is 0.538. The maximum Gasteiger partial charge on any atom is 0.0589 e. The minimum atomic E-state index is 0.691. The van der Waals surface area contributed by atoms with Gasteiger partial charge in [-0.15, -0.1) is 0 Å². The second kappa shape index (κ2) is 8.73. The van der Waals surface area contributed by atoms with Crippen molar-refractivity contribution in [3.63, 3.8) is 0 Å². The summed E-state index contributed by atoms with van der Waals surface area (Å²) in [4.78, 5) is 2.21. The van der Waals surface area contributed by atoms with Crippen molar-refractivity contribution >= 4 is 23.2 Å². The van der Waals surface area contributed by atoms with Crippen LogP contribution in [-0.2, 0) is 11.3 Å². The van der Waals surface area contributed by atoms with Gasteiger partial charge in [0.05, 0.1) is 6.61 Å². The summed E-state index contributed by atoms with van der Waals surface area (Å²) in [6, 6.07) is 5.57. The number of hydrogen-bond donors (Lipinski definition) is 1. The summed E-state index contributed by atoms with van der Waals surface area (Å²) in [7, 11) is 3.79. The maximum absolute atomic E-state index is 6.09. The molecule has 0 saturated heterocycles. The van der Waals surface area contributed by atoms with Gasteiger partial charge < -0.3 is 15.0 Å². The van der Waals surface area contributed by atoms with E-state index in [1.165, 1.54) is 0 Å². The van der Waals surface area contributed by atoms with Gasteiger partial charge in [0, 0.05) is 48.9 Å². The van der Waals surface area contributed by atoms with Gasteiger partial charge in [-0.05, 0) is 19.2 Å². The third kappa shape index (κ3) is 5.55. The van der Waals surface area contributed by atoms with E-state index in [4.69, 9.17) is 27.9 Å². The van der Waals surface area contributed by atoms with Crippen LogP contribution in [0.1, 0.15) is 5.56 Å². The van der Waals surface area contributed by atoms with Gasteiger partial charge in [-0.25, -0.2) is 0 Å². The average Bonchev–Trinajstić information content (AvgIpc) is 2.35. The first-order valence-electron chi connectivity index (χ1n) is 5.96. The molecule has 0 unspecified atom stereocenters.